The van der Waals surface area contributed by atoms with Crippen LogP contribution >= 0.6 is 11.6 Å². The van der Waals surface area contributed by atoms with E-state index in [0.29, 0.717) is 5.03 Å². The predicted molar refractivity (Wildman–Crippen MR) is 97.0 cm³/mol. The van der Waals surface area contributed by atoms with E-state index in [0.717, 1.165) is 27.8 Å². The lowest BCUT2D eigenvalue weighted by Gasteiger charge is -2.13. The molecule has 0 aliphatic heterocycles. The molecule has 0 saturated heterocycles. The molecule has 0 aliphatic carbocycles. The summed E-state index contributed by atoms with van der Waals surface area (Å²) >= 11 is 6.75. The van der Waals surface area contributed by atoms with Crippen LogP contribution in [0, 0.1) is 0 Å². The van der Waals surface area contributed by atoms with E-state index in [2.05, 4.69) is 12.1 Å². The van der Waals surface area contributed by atoms with Crippen molar-refractivity contribution >= 4 is 22.2 Å². The zero-order chi connectivity index (χ0) is 16.1. The highest BCUT2D eigenvalue weighted by Crippen LogP contribution is 2.34. The lowest BCUT2D eigenvalue weighted by Crippen LogP contribution is -1.92. The Morgan fingerprint density at radius 2 is 1.13 bits per heavy atom. The molecule has 114 valence electrons. The van der Waals surface area contributed by atoms with Crippen molar-refractivity contribution < 1.29 is 5.11 Å². The van der Waals surface area contributed by atoms with Crippen molar-refractivity contribution in [3.05, 3.63) is 107 Å². The van der Waals surface area contributed by atoms with Crippen LogP contribution in [0.3, 0.4) is 0 Å². The standard InChI is InChI=1S/C21H17ClO/c22-21(19-9-5-2-6-10-19)20(17-7-3-1-4-8-17)18-13-11-16(15-23)12-14-18/h1-14,23H,15H2/b21-20-. The average molecular weight is 321 g/mol. The number of rotatable bonds is 4. The van der Waals surface area contributed by atoms with Gasteiger partial charge < -0.3 is 5.11 Å². The maximum Gasteiger partial charge on any atom is 0.0681 e. The zero-order valence-electron chi connectivity index (χ0n) is 12.6. The molecule has 0 aromatic heterocycles. The smallest absolute Gasteiger partial charge is 0.0681 e. The summed E-state index contributed by atoms with van der Waals surface area (Å²) in [6.45, 7) is 0.0388. The van der Waals surface area contributed by atoms with Crippen molar-refractivity contribution in [1.82, 2.24) is 0 Å². The first-order valence-corrected chi connectivity index (χ1v) is 7.88. The van der Waals surface area contributed by atoms with Crippen LogP contribution in [-0.2, 0) is 6.61 Å². The quantitative estimate of drug-likeness (QED) is 0.644. The van der Waals surface area contributed by atoms with Crippen LogP contribution in [0.5, 0.6) is 0 Å². The van der Waals surface area contributed by atoms with E-state index in [9.17, 15) is 5.11 Å². The van der Waals surface area contributed by atoms with E-state index in [1.165, 1.54) is 0 Å². The van der Waals surface area contributed by atoms with Crippen molar-refractivity contribution in [3.8, 4) is 0 Å². The lowest BCUT2D eigenvalue weighted by atomic mass is 9.95. The Morgan fingerprint density at radius 3 is 1.65 bits per heavy atom. The summed E-state index contributed by atoms with van der Waals surface area (Å²) < 4.78 is 0. The van der Waals surface area contributed by atoms with E-state index in [1.54, 1.807) is 0 Å². The number of aliphatic hydroxyl groups is 1. The summed E-state index contributed by atoms with van der Waals surface area (Å²) in [5.74, 6) is 0. The zero-order valence-corrected chi connectivity index (χ0v) is 13.4. The summed E-state index contributed by atoms with van der Waals surface area (Å²) in [7, 11) is 0. The van der Waals surface area contributed by atoms with Gasteiger partial charge in [-0.2, -0.15) is 0 Å². The molecule has 2 heteroatoms. The summed E-state index contributed by atoms with van der Waals surface area (Å²) in [4.78, 5) is 0. The molecule has 0 saturated carbocycles. The van der Waals surface area contributed by atoms with Gasteiger partial charge in [0.2, 0.25) is 0 Å². The molecule has 0 heterocycles. The Balaban J connectivity index is 2.18. The molecule has 1 nitrogen and oxygen atoms in total. The Bertz CT molecular complexity index is 790. The third kappa shape index (κ3) is 3.53. The molecule has 0 unspecified atom stereocenters. The second kappa shape index (κ2) is 7.28. The monoisotopic (exact) mass is 320 g/mol. The van der Waals surface area contributed by atoms with Crippen LogP contribution in [0.2, 0.25) is 0 Å². The third-order valence-electron chi connectivity index (χ3n) is 3.73. The Morgan fingerprint density at radius 1 is 0.652 bits per heavy atom. The minimum atomic E-state index is 0.0388. The lowest BCUT2D eigenvalue weighted by molar-refractivity contribution is 0.282. The van der Waals surface area contributed by atoms with Crippen LogP contribution in [0.15, 0.2) is 84.9 Å². The normalized spacial score (nSPS) is 11.9. The van der Waals surface area contributed by atoms with Gasteiger partial charge in [0.05, 0.1) is 11.6 Å². The second-order valence-electron chi connectivity index (χ2n) is 5.28. The van der Waals surface area contributed by atoms with Gasteiger partial charge in [-0.05, 0) is 22.3 Å². The Hall–Kier alpha value is -2.35. The van der Waals surface area contributed by atoms with Crippen LogP contribution in [-0.4, -0.2) is 5.11 Å². The molecular weight excluding hydrogens is 304 g/mol. The van der Waals surface area contributed by atoms with Gasteiger partial charge in [-0.3, -0.25) is 0 Å². The first-order valence-electron chi connectivity index (χ1n) is 7.50. The molecule has 0 radical (unpaired) electrons. The molecule has 3 aromatic carbocycles. The minimum Gasteiger partial charge on any atom is -0.392 e. The van der Waals surface area contributed by atoms with E-state index in [1.807, 2.05) is 72.8 Å². The fourth-order valence-corrected chi connectivity index (χ4v) is 2.87. The molecule has 0 atom stereocenters. The highest BCUT2D eigenvalue weighted by Gasteiger charge is 2.12. The first-order chi connectivity index (χ1) is 11.3. The largest absolute Gasteiger partial charge is 0.392 e. The number of hydrogen-bond acceptors (Lipinski definition) is 1. The molecule has 0 amide bonds. The van der Waals surface area contributed by atoms with Crippen molar-refractivity contribution in [2.24, 2.45) is 0 Å². The van der Waals surface area contributed by atoms with Crippen LogP contribution < -0.4 is 0 Å². The summed E-state index contributed by atoms with van der Waals surface area (Å²) in [6.07, 6.45) is 0. The molecule has 0 fully saturated rings. The number of hydrogen-bond donors (Lipinski definition) is 1. The minimum absolute atomic E-state index is 0.0388. The van der Waals surface area contributed by atoms with Gasteiger partial charge in [0.1, 0.15) is 0 Å². The van der Waals surface area contributed by atoms with E-state index in [4.69, 9.17) is 11.6 Å². The maximum absolute atomic E-state index is 9.23. The molecule has 0 spiro atoms. The van der Waals surface area contributed by atoms with E-state index < -0.39 is 0 Å². The van der Waals surface area contributed by atoms with Gasteiger partial charge in [-0.1, -0.05) is 96.5 Å². The van der Waals surface area contributed by atoms with Crippen molar-refractivity contribution in [3.63, 3.8) is 0 Å². The molecule has 0 aliphatic rings. The van der Waals surface area contributed by atoms with Crippen LogP contribution in [0.4, 0.5) is 0 Å². The van der Waals surface area contributed by atoms with E-state index >= 15 is 0 Å². The van der Waals surface area contributed by atoms with Gasteiger partial charge in [0.15, 0.2) is 0 Å². The fourth-order valence-electron chi connectivity index (χ4n) is 2.53. The average Bonchev–Trinajstić information content (AvgIpc) is 2.64. The summed E-state index contributed by atoms with van der Waals surface area (Å²) in [6, 6.07) is 27.9. The Labute approximate surface area is 141 Å². The van der Waals surface area contributed by atoms with Gasteiger partial charge in [0, 0.05) is 5.57 Å². The highest BCUT2D eigenvalue weighted by atomic mass is 35.5. The molecule has 1 N–H and O–H groups in total. The van der Waals surface area contributed by atoms with Gasteiger partial charge in [-0.25, -0.2) is 0 Å². The fraction of sp³-hybridized carbons (Fsp3) is 0.0476. The van der Waals surface area contributed by atoms with Crippen molar-refractivity contribution in [2.75, 3.05) is 0 Å². The van der Waals surface area contributed by atoms with Gasteiger partial charge in [0.25, 0.3) is 0 Å². The molecular formula is C21H17ClO. The van der Waals surface area contributed by atoms with E-state index in [-0.39, 0.29) is 6.61 Å². The molecule has 23 heavy (non-hydrogen) atoms. The Kier molecular flexibility index (Phi) is 4.92. The molecule has 3 rings (SSSR count). The molecule has 0 bridgehead atoms. The third-order valence-corrected chi connectivity index (χ3v) is 4.14. The predicted octanol–water partition coefficient (Wildman–Crippen LogP) is 5.33. The molecule has 3 aromatic rings. The van der Waals surface area contributed by atoms with Crippen molar-refractivity contribution in [2.45, 2.75) is 6.61 Å². The maximum atomic E-state index is 9.23. The summed E-state index contributed by atoms with van der Waals surface area (Å²) in [5.41, 5.74) is 4.96. The number of aliphatic hydroxyl groups excluding tert-OH is 1. The second-order valence-corrected chi connectivity index (χ2v) is 5.65. The van der Waals surface area contributed by atoms with Gasteiger partial charge >= 0.3 is 0 Å². The van der Waals surface area contributed by atoms with Crippen LogP contribution in [0.25, 0.3) is 10.6 Å². The SMILES string of the molecule is OCc1ccc(/C(=C(\Cl)c2ccccc2)c2ccccc2)cc1. The van der Waals surface area contributed by atoms with Crippen molar-refractivity contribution in [1.29, 1.82) is 0 Å². The number of benzene rings is 3. The van der Waals surface area contributed by atoms with Gasteiger partial charge in [-0.15, -0.1) is 0 Å². The topological polar surface area (TPSA) is 20.2 Å². The number of halogens is 1. The van der Waals surface area contributed by atoms with Crippen LogP contribution in [0.1, 0.15) is 22.3 Å². The summed E-state index contributed by atoms with van der Waals surface area (Å²) in [5, 5.41) is 9.95. The first kappa shape index (κ1) is 15.5. The highest BCUT2D eigenvalue weighted by molar-refractivity contribution is 6.53.